The Morgan fingerprint density at radius 3 is 2.00 bits per heavy atom. The summed E-state index contributed by atoms with van der Waals surface area (Å²) in [5.41, 5.74) is 0.155. The van der Waals surface area contributed by atoms with Gasteiger partial charge in [0, 0.05) is 31.7 Å². The lowest BCUT2D eigenvalue weighted by Gasteiger charge is -2.42. The smallest absolute Gasteiger partial charge is 0.240 e. The van der Waals surface area contributed by atoms with Gasteiger partial charge < -0.3 is 4.90 Å². The van der Waals surface area contributed by atoms with E-state index in [2.05, 4.69) is 31.7 Å². The Hall–Kier alpha value is -1.08. The molecule has 0 saturated carbocycles. The Labute approximate surface area is 111 Å². The first-order chi connectivity index (χ1) is 8.27. The summed E-state index contributed by atoms with van der Waals surface area (Å²) in [6.45, 7) is 13.7. The molecule has 0 aromatic carbocycles. The van der Waals surface area contributed by atoms with E-state index >= 15 is 0 Å². The molecule has 0 aromatic rings. The van der Waals surface area contributed by atoms with Crippen molar-refractivity contribution in [3.63, 3.8) is 0 Å². The zero-order valence-corrected chi connectivity index (χ0v) is 12.2. The fourth-order valence-electron chi connectivity index (χ4n) is 2.28. The zero-order chi connectivity index (χ0) is 13.9. The van der Waals surface area contributed by atoms with Gasteiger partial charge in [0.15, 0.2) is 0 Å². The SMILES string of the molecule is CC(C)C(C#N)C(=O)N1CCN(C(C)(C)C)CC1. The molecule has 1 aliphatic rings. The minimum atomic E-state index is -0.494. The van der Waals surface area contributed by atoms with Gasteiger partial charge in [0.2, 0.25) is 5.91 Å². The molecule has 0 spiro atoms. The maximum absolute atomic E-state index is 12.2. The second-order valence-electron chi connectivity index (χ2n) is 6.33. The molecule has 0 bridgehead atoms. The molecule has 4 nitrogen and oxygen atoms in total. The predicted molar refractivity (Wildman–Crippen MR) is 71.8 cm³/mol. The van der Waals surface area contributed by atoms with Gasteiger partial charge in [-0.15, -0.1) is 0 Å². The highest BCUT2D eigenvalue weighted by molar-refractivity contribution is 5.81. The van der Waals surface area contributed by atoms with Crippen molar-refractivity contribution < 1.29 is 4.79 Å². The molecule has 0 N–H and O–H groups in total. The predicted octanol–water partition coefficient (Wildman–Crippen LogP) is 1.72. The maximum Gasteiger partial charge on any atom is 0.240 e. The number of carbonyl (C=O) groups excluding carboxylic acids is 1. The highest BCUT2D eigenvalue weighted by Gasteiger charge is 2.31. The zero-order valence-electron chi connectivity index (χ0n) is 12.2. The molecule has 1 unspecified atom stereocenters. The van der Waals surface area contributed by atoms with Crippen LogP contribution < -0.4 is 0 Å². The van der Waals surface area contributed by atoms with Crippen molar-refractivity contribution in [2.45, 2.75) is 40.2 Å². The Balaban J connectivity index is 2.58. The van der Waals surface area contributed by atoms with Gasteiger partial charge in [-0.05, 0) is 26.7 Å². The van der Waals surface area contributed by atoms with Gasteiger partial charge >= 0.3 is 0 Å². The summed E-state index contributed by atoms with van der Waals surface area (Å²) < 4.78 is 0. The number of carbonyl (C=O) groups is 1. The second kappa shape index (κ2) is 5.71. The second-order valence-corrected chi connectivity index (χ2v) is 6.33. The third-order valence-electron chi connectivity index (χ3n) is 3.61. The summed E-state index contributed by atoms with van der Waals surface area (Å²) >= 11 is 0. The molecule has 4 heteroatoms. The van der Waals surface area contributed by atoms with Crippen molar-refractivity contribution >= 4 is 5.91 Å². The normalized spacial score (nSPS) is 19.7. The fraction of sp³-hybridized carbons (Fsp3) is 0.857. The summed E-state index contributed by atoms with van der Waals surface area (Å²) in [5.74, 6) is -0.407. The van der Waals surface area contributed by atoms with Crippen LogP contribution in [0.2, 0.25) is 0 Å². The Kier molecular flexibility index (Phi) is 4.75. The van der Waals surface area contributed by atoms with Gasteiger partial charge in [0.05, 0.1) is 6.07 Å². The fourth-order valence-corrected chi connectivity index (χ4v) is 2.28. The lowest BCUT2D eigenvalue weighted by molar-refractivity contribution is -0.137. The van der Waals surface area contributed by atoms with Crippen LogP contribution in [0.15, 0.2) is 0 Å². The lowest BCUT2D eigenvalue weighted by Crippen LogP contribution is -2.55. The maximum atomic E-state index is 12.2. The van der Waals surface area contributed by atoms with Crippen LogP contribution >= 0.6 is 0 Å². The van der Waals surface area contributed by atoms with E-state index in [4.69, 9.17) is 5.26 Å². The summed E-state index contributed by atoms with van der Waals surface area (Å²) in [6, 6.07) is 2.14. The van der Waals surface area contributed by atoms with Crippen LogP contribution in [0.1, 0.15) is 34.6 Å². The van der Waals surface area contributed by atoms with Gasteiger partial charge in [-0.1, -0.05) is 13.8 Å². The minimum absolute atomic E-state index is 0.000981. The van der Waals surface area contributed by atoms with Crippen LogP contribution in [0.5, 0.6) is 0 Å². The summed E-state index contributed by atoms with van der Waals surface area (Å²) in [4.78, 5) is 16.4. The van der Waals surface area contributed by atoms with Crippen LogP contribution in [0, 0.1) is 23.2 Å². The van der Waals surface area contributed by atoms with Gasteiger partial charge in [-0.25, -0.2) is 0 Å². The standard InChI is InChI=1S/C14H25N3O/c1-11(2)12(10-15)13(18)16-6-8-17(9-7-16)14(3,4)5/h11-12H,6-9H2,1-5H3. The monoisotopic (exact) mass is 251 g/mol. The van der Waals surface area contributed by atoms with Crippen LogP contribution in [0.3, 0.4) is 0 Å². The Morgan fingerprint density at radius 1 is 1.17 bits per heavy atom. The Bertz CT molecular complexity index is 330. The van der Waals surface area contributed by atoms with Crippen LogP contribution in [-0.2, 0) is 4.79 Å². The van der Waals surface area contributed by atoms with Gasteiger partial charge in [-0.3, -0.25) is 9.69 Å². The lowest BCUT2D eigenvalue weighted by atomic mass is 9.95. The molecular formula is C14H25N3O. The number of piperazine rings is 1. The molecule has 18 heavy (non-hydrogen) atoms. The molecule has 102 valence electrons. The molecule has 1 fully saturated rings. The molecule has 0 radical (unpaired) electrons. The van der Waals surface area contributed by atoms with Crippen LogP contribution in [-0.4, -0.2) is 47.4 Å². The molecule has 1 saturated heterocycles. The molecular weight excluding hydrogens is 226 g/mol. The third-order valence-corrected chi connectivity index (χ3v) is 3.61. The first-order valence-corrected chi connectivity index (χ1v) is 6.71. The van der Waals surface area contributed by atoms with Crippen molar-refractivity contribution in [1.29, 1.82) is 5.26 Å². The number of nitrogens with zero attached hydrogens (tertiary/aromatic N) is 3. The van der Waals surface area contributed by atoms with E-state index in [9.17, 15) is 4.79 Å². The quantitative estimate of drug-likeness (QED) is 0.751. The molecule has 1 rings (SSSR count). The van der Waals surface area contributed by atoms with E-state index in [-0.39, 0.29) is 17.4 Å². The van der Waals surface area contributed by atoms with E-state index in [0.717, 1.165) is 26.2 Å². The highest BCUT2D eigenvalue weighted by atomic mass is 16.2. The van der Waals surface area contributed by atoms with Gasteiger partial charge in [-0.2, -0.15) is 5.26 Å². The third kappa shape index (κ3) is 3.46. The van der Waals surface area contributed by atoms with Crippen molar-refractivity contribution in [3.8, 4) is 6.07 Å². The van der Waals surface area contributed by atoms with Crippen molar-refractivity contribution in [1.82, 2.24) is 9.80 Å². The topological polar surface area (TPSA) is 47.3 Å². The number of amides is 1. The van der Waals surface area contributed by atoms with E-state index in [1.165, 1.54) is 0 Å². The van der Waals surface area contributed by atoms with E-state index in [1.54, 1.807) is 0 Å². The summed E-state index contributed by atoms with van der Waals surface area (Å²) in [7, 11) is 0. The van der Waals surface area contributed by atoms with Crippen molar-refractivity contribution in [2.24, 2.45) is 11.8 Å². The van der Waals surface area contributed by atoms with E-state index in [0.29, 0.717) is 0 Å². The summed E-state index contributed by atoms with van der Waals surface area (Å²) in [6.07, 6.45) is 0. The van der Waals surface area contributed by atoms with Gasteiger partial charge in [0.25, 0.3) is 0 Å². The minimum Gasteiger partial charge on any atom is -0.339 e. The Morgan fingerprint density at radius 2 is 1.67 bits per heavy atom. The molecule has 0 aliphatic carbocycles. The molecule has 1 atom stereocenters. The molecule has 1 amide bonds. The molecule has 1 heterocycles. The number of rotatable bonds is 2. The van der Waals surface area contributed by atoms with Crippen molar-refractivity contribution in [3.05, 3.63) is 0 Å². The average Bonchev–Trinajstić information content (AvgIpc) is 2.28. The first-order valence-electron chi connectivity index (χ1n) is 6.71. The highest BCUT2D eigenvalue weighted by Crippen LogP contribution is 2.19. The van der Waals surface area contributed by atoms with Gasteiger partial charge in [0.1, 0.15) is 5.92 Å². The van der Waals surface area contributed by atoms with Crippen molar-refractivity contribution in [2.75, 3.05) is 26.2 Å². The number of hydrogen-bond donors (Lipinski definition) is 0. The van der Waals surface area contributed by atoms with Crippen LogP contribution in [0.25, 0.3) is 0 Å². The largest absolute Gasteiger partial charge is 0.339 e. The number of hydrogen-bond acceptors (Lipinski definition) is 3. The summed E-state index contributed by atoms with van der Waals surface area (Å²) in [5, 5.41) is 9.07. The molecule has 0 aromatic heterocycles. The number of nitriles is 1. The van der Waals surface area contributed by atoms with Crippen LogP contribution in [0.4, 0.5) is 0 Å². The first kappa shape index (κ1) is 15.0. The van der Waals surface area contributed by atoms with E-state index in [1.807, 2.05) is 18.7 Å². The average molecular weight is 251 g/mol. The van der Waals surface area contributed by atoms with E-state index < -0.39 is 5.92 Å². The molecule has 1 aliphatic heterocycles.